The average Bonchev–Trinajstić information content (AvgIpc) is 2.99. The van der Waals surface area contributed by atoms with Gasteiger partial charge in [0.05, 0.1) is 19.3 Å². The number of likely N-dealkylation sites (tertiary alicyclic amines) is 1. The molecule has 1 fully saturated rings. The molecule has 0 saturated carbocycles. The van der Waals surface area contributed by atoms with Crippen molar-refractivity contribution in [2.45, 2.75) is 77.4 Å². The summed E-state index contributed by atoms with van der Waals surface area (Å²) in [6, 6.07) is 0.0803. The van der Waals surface area contributed by atoms with E-state index >= 15 is 0 Å². The number of methoxy groups -OCH3 is 1. The Morgan fingerprint density at radius 2 is 2.12 bits per heavy atom. The largest absolute Gasteiger partial charge is 0.469 e. The number of nitrogens with zero attached hydrogens (tertiary/aromatic N) is 1. The van der Waals surface area contributed by atoms with Gasteiger partial charge in [0, 0.05) is 25.8 Å². The van der Waals surface area contributed by atoms with E-state index in [0.717, 1.165) is 38.6 Å². The van der Waals surface area contributed by atoms with Crippen LogP contribution in [0.2, 0.25) is 0 Å². The summed E-state index contributed by atoms with van der Waals surface area (Å²) in [6.07, 6.45) is 9.49. The molecule has 26 heavy (non-hydrogen) atoms. The Balaban J connectivity index is 2.36. The molecule has 1 heterocycles. The summed E-state index contributed by atoms with van der Waals surface area (Å²) in [5, 5.41) is 10.2. The van der Waals surface area contributed by atoms with Crippen LogP contribution >= 0.6 is 0 Å². The van der Waals surface area contributed by atoms with Crippen LogP contribution in [0.5, 0.6) is 0 Å². The molecule has 0 aromatic rings. The first-order valence-electron chi connectivity index (χ1n) is 9.61. The van der Waals surface area contributed by atoms with Crippen LogP contribution in [-0.4, -0.2) is 47.7 Å². The highest BCUT2D eigenvalue weighted by Crippen LogP contribution is 2.21. The molecule has 0 aliphatic carbocycles. The summed E-state index contributed by atoms with van der Waals surface area (Å²) in [6.45, 7) is 4.51. The zero-order valence-electron chi connectivity index (χ0n) is 16.4. The van der Waals surface area contributed by atoms with E-state index in [9.17, 15) is 14.7 Å². The van der Waals surface area contributed by atoms with Crippen molar-refractivity contribution in [2.75, 3.05) is 13.7 Å². The van der Waals surface area contributed by atoms with Crippen LogP contribution in [0.3, 0.4) is 0 Å². The van der Waals surface area contributed by atoms with Gasteiger partial charge in [-0.15, -0.1) is 11.8 Å². The minimum absolute atomic E-state index is 0.0803. The van der Waals surface area contributed by atoms with Gasteiger partial charge in [-0.25, -0.2) is 0 Å². The second-order valence-electron chi connectivity index (χ2n) is 6.92. The van der Waals surface area contributed by atoms with Crippen molar-refractivity contribution in [3.8, 4) is 11.8 Å². The number of aliphatic hydroxyl groups is 1. The van der Waals surface area contributed by atoms with Crippen molar-refractivity contribution in [3.05, 3.63) is 12.2 Å². The Kier molecular flexibility index (Phi) is 10.7. The van der Waals surface area contributed by atoms with Gasteiger partial charge in [0.1, 0.15) is 0 Å². The van der Waals surface area contributed by atoms with E-state index < -0.39 is 6.10 Å². The van der Waals surface area contributed by atoms with Gasteiger partial charge in [-0.3, -0.25) is 9.59 Å². The van der Waals surface area contributed by atoms with Crippen molar-refractivity contribution >= 4 is 11.9 Å². The number of hydrogen-bond donors (Lipinski definition) is 1. The minimum Gasteiger partial charge on any atom is -0.469 e. The Morgan fingerprint density at radius 1 is 1.38 bits per heavy atom. The third kappa shape index (κ3) is 8.05. The maximum atomic E-state index is 12.1. The van der Waals surface area contributed by atoms with E-state index in [0.29, 0.717) is 19.3 Å². The Morgan fingerprint density at radius 3 is 2.81 bits per heavy atom. The third-order valence-electron chi connectivity index (χ3n) is 4.85. The van der Waals surface area contributed by atoms with Gasteiger partial charge < -0.3 is 14.7 Å². The zero-order chi connectivity index (χ0) is 19.4. The van der Waals surface area contributed by atoms with Crippen molar-refractivity contribution in [1.82, 2.24) is 4.90 Å². The predicted molar refractivity (Wildman–Crippen MR) is 102 cm³/mol. The van der Waals surface area contributed by atoms with Gasteiger partial charge in [-0.05, 0) is 32.1 Å². The number of carbonyl (C=O) groups is 2. The van der Waals surface area contributed by atoms with Crippen molar-refractivity contribution < 1.29 is 19.4 Å². The van der Waals surface area contributed by atoms with Crippen molar-refractivity contribution in [3.63, 3.8) is 0 Å². The summed E-state index contributed by atoms with van der Waals surface area (Å²) in [5.74, 6) is 5.94. The van der Waals surface area contributed by atoms with Crippen LogP contribution in [0.15, 0.2) is 12.2 Å². The van der Waals surface area contributed by atoms with Crippen molar-refractivity contribution in [2.24, 2.45) is 5.92 Å². The standard InChI is InChI=1S/C21H33NO4/c1-4-5-10-17(2)19(23)14-12-18-13-15-20(24)22(18)16-9-7-6-8-11-21(25)26-3/h12,14,17-19,23H,6-11,13,15-16H2,1-3H3. The number of aliphatic hydroxyl groups excluding tert-OH is 1. The summed E-state index contributed by atoms with van der Waals surface area (Å²) < 4.78 is 4.62. The van der Waals surface area contributed by atoms with E-state index in [2.05, 4.69) is 16.6 Å². The molecule has 0 radical (unpaired) electrons. The van der Waals surface area contributed by atoms with Crippen LogP contribution in [-0.2, 0) is 14.3 Å². The molecular formula is C21H33NO4. The summed E-state index contributed by atoms with van der Waals surface area (Å²) in [7, 11) is 1.41. The highest BCUT2D eigenvalue weighted by molar-refractivity contribution is 5.79. The third-order valence-corrected chi connectivity index (χ3v) is 4.85. The van der Waals surface area contributed by atoms with E-state index in [4.69, 9.17) is 0 Å². The van der Waals surface area contributed by atoms with Gasteiger partial charge in [0.25, 0.3) is 0 Å². The molecule has 1 rings (SSSR count). The molecule has 1 aliphatic rings. The fraction of sp³-hybridized carbons (Fsp3) is 0.714. The molecule has 3 unspecified atom stereocenters. The number of esters is 1. The molecule has 3 atom stereocenters. The summed E-state index contributed by atoms with van der Waals surface area (Å²) in [5.41, 5.74) is 0. The average molecular weight is 363 g/mol. The number of rotatable bonds is 11. The first-order valence-corrected chi connectivity index (χ1v) is 9.61. The highest BCUT2D eigenvalue weighted by atomic mass is 16.5. The minimum atomic E-state index is -0.535. The Labute approximate surface area is 157 Å². The van der Waals surface area contributed by atoms with E-state index in [1.165, 1.54) is 7.11 Å². The van der Waals surface area contributed by atoms with Gasteiger partial charge in [0.2, 0.25) is 5.91 Å². The maximum Gasteiger partial charge on any atom is 0.305 e. The normalized spacial score (nSPS) is 19.3. The Hall–Kier alpha value is -1.80. The fourth-order valence-corrected chi connectivity index (χ4v) is 3.07. The van der Waals surface area contributed by atoms with Crippen LogP contribution in [0, 0.1) is 17.8 Å². The number of amides is 1. The number of ether oxygens (including phenoxy) is 1. The lowest BCUT2D eigenvalue weighted by Crippen LogP contribution is -2.33. The van der Waals surface area contributed by atoms with Crippen LogP contribution in [0.4, 0.5) is 0 Å². The van der Waals surface area contributed by atoms with Gasteiger partial charge in [-0.1, -0.05) is 31.9 Å². The van der Waals surface area contributed by atoms with Crippen LogP contribution in [0.1, 0.15) is 65.2 Å². The zero-order valence-corrected chi connectivity index (χ0v) is 16.4. The SMILES string of the molecule is CC#CCC(C)C(O)C=CC1CCC(=O)N1CCCCCCC(=O)OC. The molecule has 1 N–H and O–H groups in total. The highest BCUT2D eigenvalue weighted by Gasteiger charge is 2.28. The second kappa shape index (κ2) is 12.5. The maximum absolute atomic E-state index is 12.1. The number of unbranched alkanes of at least 4 members (excludes halogenated alkanes) is 3. The predicted octanol–water partition coefficient (Wildman–Crippen LogP) is 3.07. The van der Waals surface area contributed by atoms with Gasteiger partial charge >= 0.3 is 5.97 Å². The number of carbonyl (C=O) groups excluding carboxylic acids is 2. The lowest BCUT2D eigenvalue weighted by Gasteiger charge is -2.23. The molecule has 1 saturated heterocycles. The fourth-order valence-electron chi connectivity index (χ4n) is 3.07. The van der Waals surface area contributed by atoms with Crippen LogP contribution < -0.4 is 0 Å². The first kappa shape index (κ1) is 22.2. The smallest absolute Gasteiger partial charge is 0.305 e. The Bertz CT molecular complexity index is 532. The van der Waals surface area contributed by atoms with E-state index in [-0.39, 0.29) is 23.8 Å². The number of hydrogen-bond acceptors (Lipinski definition) is 4. The first-order chi connectivity index (χ1) is 12.5. The topological polar surface area (TPSA) is 66.8 Å². The van der Waals surface area contributed by atoms with Crippen LogP contribution in [0.25, 0.3) is 0 Å². The monoisotopic (exact) mass is 363 g/mol. The molecule has 5 heteroatoms. The van der Waals surface area contributed by atoms with Gasteiger partial charge in [0.15, 0.2) is 0 Å². The summed E-state index contributed by atoms with van der Waals surface area (Å²) in [4.78, 5) is 25.1. The lowest BCUT2D eigenvalue weighted by atomic mass is 10.00. The molecule has 146 valence electrons. The molecule has 1 amide bonds. The molecule has 1 aliphatic heterocycles. The molecule has 0 aromatic heterocycles. The molecule has 0 aromatic carbocycles. The second-order valence-corrected chi connectivity index (χ2v) is 6.92. The quantitative estimate of drug-likeness (QED) is 0.265. The lowest BCUT2D eigenvalue weighted by molar-refractivity contribution is -0.140. The van der Waals surface area contributed by atoms with E-state index in [1.54, 1.807) is 6.92 Å². The molecular weight excluding hydrogens is 330 g/mol. The van der Waals surface area contributed by atoms with Gasteiger partial charge in [-0.2, -0.15) is 0 Å². The van der Waals surface area contributed by atoms with Crippen molar-refractivity contribution in [1.29, 1.82) is 0 Å². The van der Waals surface area contributed by atoms with E-state index in [1.807, 2.05) is 24.0 Å². The molecule has 0 bridgehead atoms. The molecule has 0 spiro atoms. The molecule has 5 nitrogen and oxygen atoms in total. The summed E-state index contributed by atoms with van der Waals surface area (Å²) >= 11 is 0.